The van der Waals surface area contributed by atoms with Crippen molar-refractivity contribution in [3.8, 4) is 10.6 Å². The number of carbonyl (C=O) groups is 2. The Kier molecular flexibility index (Phi) is 3.39. The number of halogens is 2. The van der Waals surface area contributed by atoms with Gasteiger partial charge in [-0.3, -0.25) is 4.79 Å². The zero-order valence-electron chi connectivity index (χ0n) is 9.61. The van der Waals surface area contributed by atoms with Gasteiger partial charge in [-0.1, -0.05) is 0 Å². The van der Waals surface area contributed by atoms with Gasteiger partial charge in [-0.05, 0) is 12.1 Å². The summed E-state index contributed by atoms with van der Waals surface area (Å²) in [6.07, 6.45) is 0. The molecular weight excluding hydrogens is 276 g/mol. The minimum Gasteiger partial charge on any atom is -0.476 e. The van der Waals surface area contributed by atoms with E-state index >= 15 is 0 Å². The van der Waals surface area contributed by atoms with Crippen molar-refractivity contribution in [1.29, 1.82) is 0 Å². The molecule has 0 fully saturated rings. The lowest BCUT2D eigenvalue weighted by Gasteiger charge is -1.98. The van der Waals surface area contributed by atoms with E-state index in [2.05, 4.69) is 4.98 Å². The Morgan fingerprint density at radius 1 is 1.32 bits per heavy atom. The van der Waals surface area contributed by atoms with Gasteiger partial charge in [-0.2, -0.15) is 0 Å². The molecule has 0 spiro atoms. The molecule has 0 radical (unpaired) electrons. The van der Waals surface area contributed by atoms with Gasteiger partial charge in [0.2, 0.25) is 0 Å². The first-order valence-corrected chi connectivity index (χ1v) is 5.92. The van der Waals surface area contributed by atoms with Crippen LogP contribution >= 0.6 is 11.3 Å². The molecule has 1 aromatic carbocycles. The molecule has 0 aliphatic carbocycles. The van der Waals surface area contributed by atoms with Gasteiger partial charge in [-0.25, -0.2) is 18.6 Å². The van der Waals surface area contributed by atoms with E-state index in [1.165, 1.54) is 6.92 Å². The number of nitrogens with zero attached hydrogens (tertiary/aromatic N) is 1. The number of carboxylic acid groups (broad SMARTS) is 1. The molecule has 2 rings (SSSR count). The molecule has 0 saturated carbocycles. The van der Waals surface area contributed by atoms with Crippen LogP contribution in [0.15, 0.2) is 18.2 Å². The third-order valence-corrected chi connectivity index (χ3v) is 3.50. The van der Waals surface area contributed by atoms with Crippen LogP contribution in [0.2, 0.25) is 0 Å². The number of aromatic nitrogens is 1. The molecule has 0 amide bonds. The number of Topliss-reactive ketones (excluding diaryl/α,β-unsaturated/α-hetero) is 1. The smallest absolute Gasteiger partial charge is 0.356 e. The van der Waals surface area contributed by atoms with Gasteiger partial charge in [0.05, 0.1) is 0 Å². The lowest BCUT2D eigenvalue weighted by atomic mass is 10.2. The SMILES string of the molecule is CC(=O)c1sc(-c2ccc(F)cc2F)nc1C(=O)O. The van der Waals surface area contributed by atoms with E-state index in [0.717, 1.165) is 23.5 Å². The third kappa shape index (κ3) is 2.50. The van der Waals surface area contributed by atoms with E-state index in [0.29, 0.717) is 6.07 Å². The maximum atomic E-state index is 13.6. The minimum atomic E-state index is -1.37. The molecule has 1 aromatic heterocycles. The third-order valence-electron chi connectivity index (χ3n) is 2.31. The number of benzene rings is 1. The zero-order chi connectivity index (χ0) is 14.2. The van der Waals surface area contributed by atoms with E-state index in [4.69, 9.17) is 5.11 Å². The van der Waals surface area contributed by atoms with Crippen LogP contribution in [0.5, 0.6) is 0 Å². The van der Waals surface area contributed by atoms with Crippen LogP contribution in [0.25, 0.3) is 10.6 Å². The van der Waals surface area contributed by atoms with Crippen molar-refractivity contribution in [2.75, 3.05) is 0 Å². The molecule has 98 valence electrons. The molecule has 0 aliphatic heterocycles. The average Bonchev–Trinajstić information content (AvgIpc) is 2.73. The van der Waals surface area contributed by atoms with Crippen molar-refractivity contribution in [3.63, 3.8) is 0 Å². The van der Waals surface area contributed by atoms with Crippen LogP contribution in [0.1, 0.15) is 27.1 Å². The first-order chi connectivity index (χ1) is 8.90. The Balaban J connectivity index is 2.60. The van der Waals surface area contributed by atoms with Gasteiger partial charge in [0.25, 0.3) is 0 Å². The summed E-state index contributed by atoms with van der Waals surface area (Å²) in [5.41, 5.74) is -0.461. The van der Waals surface area contributed by atoms with Crippen molar-refractivity contribution in [1.82, 2.24) is 4.98 Å². The Bertz CT molecular complexity index is 650. The molecular formula is C12H7F2NO3S. The van der Waals surface area contributed by atoms with E-state index in [-0.39, 0.29) is 15.4 Å². The molecule has 1 N–H and O–H groups in total. The van der Waals surface area contributed by atoms with Gasteiger partial charge in [-0.15, -0.1) is 11.3 Å². The van der Waals surface area contributed by atoms with Crippen LogP contribution in [0.3, 0.4) is 0 Å². The Labute approximate surface area is 110 Å². The number of rotatable bonds is 3. The second-order valence-corrected chi connectivity index (χ2v) is 4.68. The number of hydrogen-bond donors (Lipinski definition) is 1. The highest BCUT2D eigenvalue weighted by atomic mass is 32.1. The fourth-order valence-corrected chi connectivity index (χ4v) is 2.46. The highest BCUT2D eigenvalue weighted by molar-refractivity contribution is 7.17. The van der Waals surface area contributed by atoms with E-state index in [1.807, 2.05) is 0 Å². The van der Waals surface area contributed by atoms with Crippen molar-refractivity contribution < 1.29 is 23.5 Å². The van der Waals surface area contributed by atoms with Gasteiger partial charge in [0, 0.05) is 18.6 Å². The van der Waals surface area contributed by atoms with Crippen molar-refractivity contribution in [2.24, 2.45) is 0 Å². The van der Waals surface area contributed by atoms with Crippen molar-refractivity contribution in [3.05, 3.63) is 40.4 Å². The molecule has 0 bridgehead atoms. The summed E-state index contributed by atoms with van der Waals surface area (Å²) in [4.78, 5) is 25.9. The molecule has 1 heterocycles. The first kappa shape index (κ1) is 13.3. The molecule has 0 atom stereocenters. The monoisotopic (exact) mass is 283 g/mol. The standard InChI is InChI=1S/C12H7F2NO3S/c1-5(16)10-9(12(17)18)15-11(19-10)7-3-2-6(13)4-8(7)14/h2-4H,1H3,(H,17,18). The highest BCUT2D eigenvalue weighted by Crippen LogP contribution is 2.30. The minimum absolute atomic E-state index is 0.0279. The van der Waals surface area contributed by atoms with Crippen LogP contribution in [0, 0.1) is 11.6 Å². The van der Waals surface area contributed by atoms with Crippen LogP contribution in [-0.4, -0.2) is 21.8 Å². The lowest BCUT2D eigenvalue weighted by Crippen LogP contribution is -2.03. The fraction of sp³-hybridized carbons (Fsp3) is 0.0833. The molecule has 19 heavy (non-hydrogen) atoms. The summed E-state index contributed by atoms with van der Waals surface area (Å²) in [6.45, 7) is 1.20. The molecule has 7 heteroatoms. The number of hydrogen-bond acceptors (Lipinski definition) is 4. The largest absolute Gasteiger partial charge is 0.476 e. The van der Waals surface area contributed by atoms with Crippen molar-refractivity contribution in [2.45, 2.75) is 6.92 Å². The maximum absolute atomic E-state index is 13.6. The molecule has 2 aromatic rings. The quantitative estimate of drug-likeness (QED) is 0.879. The first-order valence-electron chi connectivity index (χ1n) is 5.10. The molecule has 0 unspecified atom stereocenters. The van der Waals surface area contributed by atoms with E-state index in [1.54, 1.807) is 0 Å². The van der Waals surface area contributed by atoms with Crippen LogP contribution in [0.4, 0.5) is 8.78 Å². The second kappa shape index (κ2) is 4.85. The lowest BCUT2D eigenvalue weighted by molar-refractivity contribution is 0.0687. The topological polar surface area (TPSA) is 67.3 Å². The number of ketones is 1. The summed E-state index contributed by atoms with van der Waals surface area (Å²) < 4.78 is 26.4. The van der Waals surface area contributed by atoms with Gasteiger partial charge in [0.1, 0.15) is 21.5 Å². The van der Waals surface area contributed by atoms with Crippen LogP contribution in [-0.2, 0) is 0 Å². The fourth-order valence-electron chi connectivity index (χ4n) is 1.48. The number of aromatic carboxylic acids is 1. The second-order valence-electron chi connectivity index (χ2n) is 3.68. The summed E-state index contributed by atoms with van der Waals surface area (Å²) >= 11 is 0.765. The summed E-state index contributed by atoms with van der Waals surface area (Å²) in [5, 5.41) is 8.95. The highest BCUT2D eigenvalue weighted by Gasteiger charge is 2.22. The summed E-state index contributed by atoms with van der Waals surface area (Å²) in [6, 6.07) is 2.86. The number of carbonyl (C=O) groups excluding carboxylic acids is 1. The molecule has 0 aliphatic rings. The Morgan fingerprint density at radius 2 is 2.00 bits per heavy atom. The Morgan fingerprint density at radius 3 is 2.47 bits per heavy atom. The molecule has 4 nitrogen and oxygen atoms in total. The zero-order valence-corrected chi connectivity index (χ0v) is 10.4. The van der Waals surface area contributed by atoms with E-state index < -0.39 is 29.1 Å². The van der Waals surface area contributed by atoms with Crippen LogP contribution < -0.4 is 0 Å². The summed E-state index contributed by atoms with van der Waals surface area (Å²) in [7, 11) is 0. The van der Waals surface area contributed by atoms with Gasteiger partial charge < -0.3 is 5.11 Å². The predicted octanol–water partition coefficient (Wildman–Crippen LogP) is 2.99. The predicted molar refractivity (Wildman–Crippen MR) is 64.4 cm³/mol. The van der Waals surface area contributed by atoms with Gasteiger partial charge in [0.15, 0.2) is 11.5 Å². The normalized spacial score (nSPS) is 10.5. The maximum Gasteiger partial charge on any atom is 0.356 e. The van der Waals surface area contributed by atoms with E-state index in [9.17, 15) is 18.4 Å². The summed E-state index contributed by atoms with van der Waals surface area (Å²) in [5.74, 6) is -3.44. The molecule has 0 saturated heterocycles. The van der Waals surface area contributed by atoms with Crippen molar-refractivity contribution >= 4 is 23.1 Å². The average molecular weight is 283 g/mol. The van der Waals surface area contributed by atoms with Gasteiger partial charge >= 0.3 is 5.97 Å². The number of thiazole rings is 1. The Hall–Kier alpha value is -2.15. The number of carboxylic acids is 1.